The predicted molar refractivity (Wildman–Crippen MR) is 99.3 cm³/mol. The molecule has 10 heteroatoms. The molecule has 2 amide bonds. The first-order chi connectivity index (χ1) is 14.1. The molecule has 1 unspecified atom stereocenters. The summed E-state index contributed by atoms with van der Waals surface area (Å²) < 4.78 is 60.7. The van der Waals surface area contributed by atoms with Crippen molar-refractivity contribution in [3.8, 4) is 5.75 Å². The van der Waals surface area contributed by atoms with Crippen molar-refractivity contribution in [3.63, 3.8) is 0 Å². The maximum absolute atomic E-state index is 13.9. The lowest BCUT2D eigenvalue weighted by Crippen LogP contribution is -2.63. The highest BCUT2D eigenvalue weighted by molar-refractivity contribution is 6.10. The molecular weight excluding hydrogens is 406 g/mol. The van der Waals surface area contributed by atoms with E-state index in [2.05, 4.69) is 4.99 Å². The van der Waals surface area contributed by atoms with E-state index in [4.69, 9.17) is 4.74 Å². The molecule has 1 N–H and O–H groups in total. The Morgan fingerprint density at radius 2 is 1.80 bits per heavy atom. The average Bonchev–Trinajstić information content (AvgIpc) is 2.93. The molecule has 1 aliphatic rings. The second-order valence-corrected chi connectivity index (χ2v) is 6.54. The number of rotatable bonds is 5. The van der Waals surface area contributed by atoms with Crippen LogP contribution in [0.5, 0.6) is 5.75 Å². The fraction of sp³-hybridized carbons (Fsp3) is 0.250. The highest BCUT2D eigenvalue weighted by atomic mass is 19.4. The number of carbonyl (C=O) groups excluding carboxylic acids is 2. The topological polar surface area (TPSA) is 71.0 Å². The molecule has 1 aliphatic heterocycles. The zero-order chi connectivity index (χ0) is 22.1. The number of nitrogens with one attached hydrogen (secondary N) is 1. The number of alkyl halides is 3. The van der Waals surface area contributed by atoms with Crippen LogP contribution in [0, 0.1) is 5.82 Å². The van der Waals surface area contributed by atoms with Gasteiger partial charge < -0.3 is 10.1 Å². The largest absolute Gasteiger partial charge is 0.497 e. The van der Waals surface area contributed by atoms with Crippen LogP contribution in [0.4, 0.5) is 17.6 Å². The van der Waals surface area contributed by atoms with E-state index >= 15 is 0 Å². The average molecular weight is 423 g/mol. The van der Waals surface area contributed by atoms with Crippen molar-refractivity contribution in [1.29, 1.82) is 0 Å². The monoisotopic (exact) mass is 423 g/mol. The molecule has 30 heavy (non-hydrogen) atoms. The van der Waals surface area contributed by atoms with Gasteiger partial charge in [-0.2, -0.15) is 13.2 Å². The molecule has 0 bridgehead atoms. The highest BCUT2D eigenvalue weighted by Gasteiger charge is 2.66. The standard InChI is InChI=1S/C20H17F4N3O3/c1-12-25-19(20(22,23)24,26-17(28)15-5-3-4-6-16(15)21)18(29)27(12)11-13-7-9-14(30-2)10-8-13/h3-10H,11H2,1-2H3,(H,26,28). The zero-order valence-corrected chi connectivity index (χ0v) is 16.0. The van der Waals surface area contributed by atoms with Gasteiger partial charge >= 0.3 is 11.8 Å². The Morgan fingerprint density at radius 3 is 2.37 bits per heavy atom. The Kier molecular flexibility index (Phi) is 5.51. The number of hydrogen-bond donors (Lipinski definition) is 1. The number of nitrogens with zero attached hydrogens (tertiary/aromatic N) is 2. The molecule has 0 radical (unpaired) electrons. The molecule has 1 heterocycles. The van der Waals surface area contributed by atoms with Gasteiger partial charge in [-0.15, -0.1) is 0 Å². The van der Waals surface area contributed by atoms with E-state index in [1.54, 1.807) is 29.6 Å². The van der Waals surface area contributed by atoms with Crippen LogP contribution in [-0.4, -0.2) is 41.5 Å². The van der Waals surface area contributed by atoms with Crippen LogP contribution in [0.3, 0.4) is 0 Å². The summed E-state index contributed by atoms with van der Waals surface area (Å²) in [6.07, 6.45) is -5.25. The van der Waals surface area contributed by atoms with Gasteiger partial charge in [-0.05, 0) is 36.8 Å². The zero-order valence-electron chi connectivity index (χ0n) is 16.0. The third-order valence-electron chi connectivity index (χ3n) is 4.60. The van der Waals surface area contributed by atoms with Gasteiger partial charge in [0, 0.05) is 0 Å². The maximum Gasteiger partial charge on any atom is 0.442 e. The number of hydrogen-bond acceptors (Lipinski definition) is 4. The molecule has 0 spiro atoms. The number of benzene rings is 2. The first-order valence-corrected chi connectivity index (χ1v) is 8.74. The summed E-state index contributed by atoms with van der Waals surface area (Å²) in [6, 6.07) is 10.9. The minimum atomic E-state index is -5.25. The summed E-state index contributed by atoms with van der Waals surface area (Å²) in [5.41, 5.74) is -3.64. The molecule has 158 valence electrons. The number of amidine groups is 1. The number of aliphatic imine (C=N–C) groups is 1. The number of amides is 2. The molecule has 6 nitrogen and oxygen atoms in total. The van der Waals surface area contributed by atoms with Gasteiger partial charge in [-0.1, -0.05) is 24.3 Å². The van der Waals surface area contributed by atoms with Crippen molar-refractivity contribution in [1.82, 2.24) is 10.2 Å². The van der Waals surface area contributed by atoms with Gasteiger partial charge in [-0.25, -0.2) is 9.38 Å². The van der Waals surface area contributed by atoms with Crippen molar-refractivity contribution in [2.75, 3.05) is 7.11 Å². The third kappa shape index (κ3) is 3.72. The molecular formula is C20H17F4N3O3. The van der Waals surface area contributed by atoms with Crippen LogP contribution >= 0.6 is 0 Å². The van der Waals surface area contributed by atoms with E-state index < -0.39 is 35.0 Å². The van der Waals surface area contributed by atoms with Crippen molar-refractivity contribution in [3.05, 3.63) is 65.5 Å². The predicted octanol–water partition coefficient (Wildman–Crippen LogP) is 3.28. The molecule has 0 aliphatic carbocycles. The minimum Gasteiger partial charge on any atom is -0.497 e. The Hall–Kier alpha value is -3.43. The highest BCUT2D eigenvalue weighted by Crippen LogP contribution is 2.38. The number of ether oxygens (including phenoxy) is 1. The Balaban J connectivity index is 1.92. The van der Waals surface area contributed by atoms with Crippen molar-refractivity contribution in [2.24, 2.45) is 4.99 Å². The molecule has 0 fully saturated rings. The van der Waals surface area contributed by atoms with E-state index in [1.165, 1.54) is 26.2 Å². The fourth-order valence-corrected chi connectivity index (χ4v) is 3.01. The second kappa shape index (κ2) is 7.77. The molecule has 0 aromatic heterocycles. The first-order valence-electron chi connectivity index (χ1n) is 8.74. The Morgan fingerprint density at radius 1 is 1.17 bits per heavy atom. The lowest BCUT2D eigenvalue weighted by Gasteiger charge is -2.29. The number of carbonyl (C=O) groups is 2. The smallest absolute Gasteiger partial charge is 0.442 e. The van der Waals surface area contributed by atoms with E-state index in [9.17, 15) is 27.2 Å². The molecule has 2 aromatic carbocycles. The summed E-state index contributed by atoms with van der Waals surface area (Å²) in [4.78, 5) is 29.5. The van der Waals surface area contributed by atoms with Crippen molar-refractivity contribution in [2.45, 2.75) is 25.3 Å². The van der Waals surface area contributed by atoms with E-state index in [1.807, 2.05) is 0 Å². The summed E-state index contributed by atoms with van der Waals surface area (Å²) >= 11 is 0. The normalized spacial score (nSPS) is 18.9. The van der Waals surface area contributed by atoms with Crippen LogP contribution < -0.4 is 10.1 Å². The van der Waals surface area contributed by atoms with Crippen LogP contribution in [0.1, 0.15) is 22.8 Å². The molecule has 0 saturated heterocycles. The lowest BCUT2D eigenvalue weighted by atomic mass is 10.1. The minimum absolute atomic E-state index is 0.203. The molecule has 1 atom stereocenters. The van der Waals surface area contributed by atoms with Crippen molar-refractivity contribution < 1.29 is 31.9 Å². The maximum atomic E-state index is 13.9. The molecule has 3 rings (SSSR count). The van der Waals surface area contributed by atoms with Gasteiger partial charge in [0.2, 0.25) is 0 Å². The van der Waals surface area contributed by atoms with Crippen LogP contribution in [0.25, 0.3) is 0 Å². The molecule has 0 saturated carbocycles. The SMILES string of the molecule is COc1ccc(CN2C(=O)C(NC(=O)c3ccccc3F)(C(F)(F)F)N=C2C)cc1. The number of methoxy groups -OCH3 is 1. The van der Waals surface area contributed by atoms with Crippen molar-refractivity contribution >= 4 is 17.6 Å². The van der Waals surface area contributed by atoms with E-state index in [0.29, 0.717) is 11.3 Å². The lowest BCUT2D eigenvalue weighted by molar-refractivity contribution is -0.196. The fourth-order valence-electron chi connectivity index (χ4n) is 3.01. The van der Waals surface area contributed by atoms with Crippen LogP contribution in [0.2, 0.25) is 0 Å². The third-order valence-corrected chi connectivity index (χ3v) is 4.60. The summed E-state index contributed by atoms with van der Waals surface area (Å²) in [7, 11) is 1.46. The first kappa shape index (κ1) is 21.3. The van der Waals surface area contributed by atoms with Gasteiger partial charge in [0.1, 0.15) is 17.4 Å². The van der Waals surface area contributed by atoms with Crippen LogP contribution in [-0.2, 0) is 11.3 Å². The van der Waals surface area contributed by atoms with Gasteiger partial charge in [0.25, 0.3) is 11.8 Å². The Bertz CT molecular complexity index is 1010. The van der Waals surface area contributed by atoms with Gasteiger partial charge in [0.05, 0.1) is 19.2 Å². The summed E-state index contributed by atoms with van der Waals surface area (Å²) in [5.74, 6) is -3.59. The van der Waals surface area contributed by atoms with Gasteiger partial charge in [0.15, 0.2) is 0 Å². The quantitative estimate of drug-likeness (QED) is 0.751. The Labute approximate surface area is 169 Å². The van der Waals surface area contributed by atoms with E-state index in [0.717, 1.165) is 17.0 Å². The van der Waals surface area contributed by atoms with E-state index in [-0.39, 0.29) is 12.4 Å². The number of halogens is 4. The van der Waals surface area contributed by atoms with Crippen LogP contribution in [0.15, 0.2) is 53.5 Å². The van der Waals surface area contributed by atoms with Gasteiger partial charge in [-0.3, -0.25) is 14.5 Å². The summed E-state index contributed by atoms with van der Waals surface area (Å²) in [6.45, 7) is 1.02. The molecule has 2 aromatic rings. The second-order valence-electron chi connectivity index (χ2n) is 6.54. The summed E-state index contributed by atoms with van der Waals surface area (Å²) in [5, 5.41) is 1.60.